The number of carboxylic acids is 1. The Morgan fingerprint density at radius 2 is 1.91 bits per heavy atom. The fraction of sp³-hybridized carbons (Fsp3) is 0.556. The molecule has 2 aliphatic rings. The maximum Gasteiger partial charge on any atom is 0.306 e. The van der Waals surface area contributed by atoms with E-state index >= 15 is 0 Å². The van der Waals surface area contributed by atoms with Crippen molar-refractivity contribution < 1.29 is 14.7 Å². The normalized spacial score (nSPS) is 27.2. The van der Waals surface area contributed by atoms with Crippen molar-refractivity contribution in [1.29, 1.82) is 0 Å². The summed E-state index contributed by atoms with van der Waals surface area (Å²) in [6.45, 7) is 0. The van der Waals surface area contributed by atoms with Gasteiger partial charge in [-0.05, 0) is 55.6 Å². The van der Waals surface area contributed by atoms with Crippen molar-refractivity contribution >= 4 is 11.9 Å². The van der Waals surface area contributed by atoms with Crippen LogP contribution < -0.4 is 5.32 Å². The van der Waals surface area contributed by atoms with E-state index in [-0.39, 0.29) is 17.9 Å². The van der Waals surface area contributed by atoms with Crippen molar-refractivity contribution in [1.82, 2.24) is 5.32 Å². The summed E-state index contributed by atoms with van der Waals surface area (Å²) in [5, 5.41) is 12.0. The highest BCUT2D eigenvalue weighted by Gasteiger charge is 2.31. The van der Waals surface area contributed by atoms with Crippen molar-refractivity contribution in [2.45, 2.75) is 51.0 Å². The highest BCUT2D eigenvalue weighted by molar-refractivity contribution is 5.77. The topological polar surface area (TPSA) is 66.4 Å². The lowest BCUT2D eigenvalue weighted by molar-refractivity contribution is -0.141. The van der Waals surface area contributed by atoms with Crippen LogP contribution in [0.1, 0.15) is 43.2 Å². The van der Waals surface area contributed by atoms with Gasteiger partial charge in [-0.3, -0.25) is 9.59 Å². The van der Waals surface area contributed by atoms with Crippen LogP contribution in [0.3, 0.4) is 0 Å². The molecule has 2 aliphatic carbocycles. The van der Waals surface area contributed by atoms with Gasteiger partial charge < -0.3 is 10.4 Å². The lowest BCUT2D eigenvalue weighted by Crippen LogP contribution is -2.35. The highest BCUT2D eigenvalue weighted by atomic mass is 16.4. The Hall–Kier alpha value is -1.84. The second-order valence-corrected chi connectivity index (χ2v) is 6.69. The number of carbonyl (C=O) groups excluding carboxylic acids is 1. The molecule has 0 saturated heterocycles. The summed E-state index contributed by atoms with van der Waals surface area (Å²) in [5.74, 6) is -0.528. The zero-order valence-corrected chi connectivity index (χ0v) is 12.8. The Balaban J connectivity index is 1.48. The molecule has 1 aromatic rings. The Morgan fingerprint density at radius 3 is 2.64 bits per heavy atom. The average molecular weight is 301 g/mol. The summed E-state index contributed by atoms with van der Waals surface area (Å²) in [7, 11) is 0. The maximum absolute atomic E-state index is 12.2. The van der Waals surface area contributed by atoms with Gasteiger partial charge >= 0.3 is 5.97 Å². The lowest BCUT2D eigenvalue weighted by Gasteiger charge is -2.24. The molecule has 1 aromatic carbocycles. The van der Waals surface area contributed by atoms with E-state index in [0.717, 1.165) is 25.7 Å². The van der Waals surface area contributed by atoms with Crippen LogP contribution in [-0.2, 0) is 22.4 Å². The molecule has 22 heavy (non-hydrogen) atoms. The Morgan fingerprint density at radius 1 is 1.14 bits per heavy atom. The third-order valence-corrected chi connectivity index (χ3v) is 5.07. The first-order valence-electron chi connectivity index (χ1n) is 8.20. The Bertz CT molecular complexity index is 569. The van der Waals surface area contributed by atoms with Gasteiger partial charge in [0.1, 0.15) is 0 Å². The largest absolute Gasteiger partial charge is 0.481 e. The van der Waals surface area contributed by atoms with Gasteiger partial charge in [-0.15, -0.1) is 0 Å². The fourth-order valence-electron chi connectivity index (χ4n) is 3.83. The van der Waals surface area contributed by atoms with Gasteiger partial charge in [0.2, 0.25) is 5.91 Å². The number of benzene rings is 1. The van der Waals surface area contributed by atoms with Crippen LogP contribution in [0.15, 0.2) is 24.3 Å². The number of amides is 1. The maximum atomic E-state index is 12.2. The summed E-state index contributed by atoms with van der Waals surface area (Å²) < 4.78 is 0. The first-order valence-corrected chi connectivity index (χ1v) is 8.20. The number of carboxylic acid groups (broad SMARTS) is 1. The molecule has 0 heterocycles. The molecule has 3 atom stereocenters. The quantitative estimate of drug-likeness (QED) is 0.898. The second-order valence-electron chi connectivity index (χ2n) is 6.69. The van der Waals surface area contributed by atoms with E-state index < -0.39 is 5.97 Å². The predicted molar refractivity (Wildman–Crippen MR) is 83.5 cm³/mol. The molecule has 118 valence electrons. The van der Waals surface area contributed by atoms with Gasteiger partial charge in [-0.25, -0.2) is 0 Å². The summed E-state index contributed by atoms with van der Waals surface area (Å²) in [6.07, 6.45) is 5.70. The first-order chi connectivity index (χ1) is 10.6. The summed E-state index contributed by atoms with van der Waals surface area (Å²) in [6, 6.07) is 8.52. The zero-order chi connectivity index (χ0) is 15.5. The average Bonchev–Trinajstić information content (AvgIpc) is 2.95. The van der Waals surface area contributed by atoms with Crippen molar-refractivity contribution in [3.05, 3.63) is 35.4 Å². The molecule has 1 unspecified atom stereocenters. The van der Waals surface area contributed by atoms with Crippen LogP contribution in [0, 0.1) is 11.8 Å². The van der Waals surface area contributed by atoms with E-state index in [1.165, 1.54) is 11.1 Å². The highest BCUT2D eigenvalue weighted by Crippen LogP contribution is 2.28. The Kier molecular flexibility index (Phi) is 4.46. The smallest absolute Gasteiger partial charge is 0.306 e. The van der Waals surface area contributed by atoms with E-state index in [1.807, 2.05) is 0 Å². The molecule has 4 nitrogen and oxygen atoms in total. The molecule has 1 amide bonds. The molecule has 1 saturated carbocycles. The third-order valence-electron chi connectivity index (χ3n) is 5.07. The van der Waals surface area contributed by atoms with Crippen LogP contribution in [0.25, 0.3) is 0 Å². The minimum absolute atomic E-state index is 0.0458. The number of hydrogen-bond acceptors (Lipinski definition) is 2. The number of aliphatic carboxylic acids is 1. The van der Waals surface area contributed by atoms with Crippen LogP contribution in [0.2, 0.25) is 0 Å². The van der Waals surface area contributed by atoms with Crippen LogP contribution >= 0.6 is 0 Å². The van der Waals surface area contributed by atoms with Gasteiger partial charge in [-0.1, -0.05) is 24.3 Å². The van der Waals surface area contributed by atoms with E-state index in [9.17, 15) is 9.59 Å². The second kappa shape index (κ2) is 6.51. The molecule has 0 radical (unpaired) electrons. The molecular formula is C18H23NO3. The number of aryl methyl sites for hydroxylation is 1. The van der Waals surface area contributed by atoms with Crippen molar-refractivity contribution in [3.8, 4) is 0 Å². The fourth-order valence-corrected chi connectivity index (χ4v) is 3.83. The molecular weight excluding hydrogens is 278 g/mol. The summed E-state index contributed by atoms with van der Waals surface area (Å²) in [4.78, 5) is 23.2. The molecule has 0 spiro atoms. The van der Waals surface area contributed by atoms with Gasteiger partial charge in [-0.2, -0.15) is 0 Å². The first kappa shape index (κ1) is 15.1. The summed E-state index contributed by atoms with van der Waals surface area (Å²) >= 11 is 0. The number of nitrogens with one attached hydrogen (secondary N) is 1. The van der Waals surface area contributed by atoms with Crippen molar-refractivity contribution in [2.24, 2.45) is 11.8 Å². The molecule has 2 N–H and O–H groups in total. The molecule has 0 aliphatic heterocycles. The summed E-state index contributed by atoms with van der Waals surface area (Å²) in [5.41, 5.74) is 2.79. The third kappa shape index (κ3) is 3.49. The number of rotatable bonds is 4. The van der Waals surface area contributed by atoms with E-state index in [4.69, 9.17) is 5.11 Å². The number of carbonyl (C=O) groups is 2. The minimum Gasteiger partial charge on any atom is -0.481 e. The number of fused-ring (bicyclic) bond motifs is 1. The van der Waals surface area contributed by atoms with Crippen LogP contribution in [0.4, 0.5) is 0 Å². The standard InChI is InChI=1S/C18H23NO3/c20-17(19-16-8-7-15(11-16)18(21)22)10-12-5-6-13-3-1-2-4-14(13)9-12/h1-4,12,15-16H,5-11H2,(H,19,20)(H,21,22)/t12?,15-,16+/m1/s1. The van der Waals surface area contributed by atoms with E-state index in [1.54, 1.807) is 0 Å². The predicted octanol–water partition coefficient (Wildman–Crippen LogP) is 2.55. The van der Waals surface area contributed by atoms with Crippen LogP contribution in [-0.4, -0.2) is 23.0 Å². The zero-order valence-electron chi connectivity index (χ0n) is 12.8. The lowest BCUT2D eigenvalue weighted by atomic mass is 9.82. The van der Waals surface area contributed by atoms with Gasteiger partial charge in [0.05, 0.1) is 5.92 Å². The monoisotopic (exact) mass is 301 g/mol. The molecule has 4 heteroatoms. The van der Waals surface area contributed by atoms with E-state index in [2.05, 4.69) is 29.6 Å². The van der Waals surface area contributed by atoms with Gasteiger partial charge in [0.25, 0.3) is 0 Å². The van der Waals surface area contributed by atoms with Crippen LogP contribution in [0.5, 0.6) is 0 Å². The minimum atomic E-state index is -0.736. The Labute approximate surface area is 130 Å². The van der Waals surface area contributed by atoms with Crippen molar-refractivity contribution in [3.63, 3.8) is 0 Å². The van der Waals surface area contributed by atoms with Crippen molar-refractivity contribution in [2.75, 3.05) is 0 Å². The molecule has 3 rings (SSSR count). The number of hydrogen-bond donors (Lipinski definition) is 2. The SMILES string of the molecule is O=C(CC1CCc2ccccc2C1)N[C@H]1CC[C@@H](C(=O)O)C1. The van der Waals surface area contributed by atoms with Gasteiger partial charge in [0, 0.05) is 12.5 Å². The molecule has 0 bridgehead atoms. The molecule has 0 aromatic heterocycles. The van der Waals surface area contributed by atoms with E-state index in [0.29, 0.717) is 25.2 Å². The molecule has 1 fully saturated rings. The van der Waals surface area contributed by atoms with Gasteiger partial charge in [0.15, 0.2) is 0 Å².